The SMILES string of the molecule is CCN(Cc1nc2cc(Cl)ccc2c(=O)[nH]1)C(=S)NC. The standard InChI is InChI=1S/C13H15ClN4OS/c1-3-18(13(20)15-2)7-11-16-10-6-8(14)4-5-9(10)12(19)17-11/h4-6H,3,7H2,1-2H3,(H,15,20)(H,16,17,19). The van der Waals surface area contributed by atoms with Crippen molar-refractivity contribution in [2.75, 3.05) is 13.6 Å². The molecule has 0 radical (unpaired) electrons. The molecule has 2 rings (SSSR count). The van der Waals surface area contributed by atoms with E-state index in [0.717, 1.165) is 6.54 Å². The van der Waals surface area contributed by atoms with Crippen LogP contribution in [0, 0.1) is 0 Å². The second-order valence-electron chi connectivity index (χ2n) is 4.24. The maximum atomic E-state index is 12.0. The minimum atomic E-state index is -0.173. The Balaban J connectivity index is 2.40. The van der Waals surface area contributed by atoms with Crippen molar-refractivity contribution >= 4 is 39.8 Å². The van der Waals surface area contributed by atoms with Gasteiger partial charge in [0, 0.05) is 18.6 Å². The summed E-state index contributed by atoms with van der Waals surface area (Å²) in [4.78, 5) is 21.1. The van der Waals surface area contributed by atoms with Gasteiger partial charge in [-0.3, -0.25) is 4.79 Å². The van der Waals surface area contributed by atoms with E-state index in [0.29, 0.717) is 33.4 Å². The third-order valence-electron chi connectivity index (χ3n) is 2.94. The highest BCUT2D eigenvalue weighted by molar-refractivity contribution is 7.80. The molecular formula is C13H15ClN4OS. The highest BCUT2D eigenvalue weighted by atomic mass is 35.5. The smallest absolute Gasteiger partial charge is 0.258 e. The molecule has 2 aromatic rings. The van der Waals surface area contributed by atoms with Crippen molar-refractivity contribution in [3.8, 4) is 0 Å². The van der Waals surface area contributed by atoms with Crippen LogP contribution in [-0.2, 0) is 6.54 Å². The number of nitrogens with one attached hydrogen (secondary N) is 2. The Kier molecular flexibility index (Phi) is 4.57. The molecule has 20 heavy (non-hydrogen) atoms. The molecule has 1 aromatic heterocycles. The molecular weight excluding hydrogens is 296 g/mol. The Hall–Kier alpha value is -1.66. The Labute approximate surface area is 127 Å². The quantitative estimate of drug-likeness (QED) is 0.848. The molecule has 0 spiro atoms. The van der Waals surface area contributed by atoms with Crippen LogP contribution in [0.5, 0.6) is 0 Å². The van der Waals surface area contributed by atoms with Gasteiger partial charge in [-0.15, -0.1) is 0 Å². The summed E-state index contributed by atoms with van der Waals surface area (Å²) in [5, 5.41) is 4.61. The van der Waals surface area contributed by atoms with Crippen LogP contribution in [0.3, 0.4) is 0 Å². The summed E-state index contributed by atoms with van der Waals surface area (Å²) in [7, 11) is 1.77. The number of halogens is 1. The summed E-state index contributed by atoms with van der Waals surface area (Å²) in [6, 6.07) is 5.03. The lowest BCUT2D eigenvalue weighted by Crippen LogP contribution is -2.38. The van der Waals surface area contributed by atoms with E-state index in [1.807, 2.05) is 11.8 Å². The van der Waals surface area contributed by atoms with Crippen molar-refractivity contribution in [1.29, 1.82) is 0 Å². The van der Waals surface area contributed by atoms with Crippen LogP contribution < -0.4 is 10.9 Å². The third kappa shape index (κ3) is 3.08. The zero-order chi connectivity index (χ0) is 14.7. The maximum Gasteiger partial charge on any atom is 0.258 e. The monoisotopic (exact) mass is 310 g/mol. The predicted molar refractivity (Wildman–Crippen MR) is 85.1 cm³/mol. The van der Waals surface area contributed by atoms with E-state index in [2.05, 4.69) is 15.3 Å². The van der Waals surface area contributed by atoms with Gasteiger partial charge in [0.25, 0.3) is 5.56 Å². The van der Waals surface area contributed by atoms with Gasteiger partial charge in [-0.25, -0.2) is 4.98 Å². The van der Waals surface area contributed by atoms with Gasteiger partial charge in [-0.05, 0) is 37.3 Å². The van der Waals surface area contributed by atoms with Gasteiger partial charge < -0.3 is 15.2 Å². The number of aromatic amines is 1. The van der Waals surface area contributed by atoms with Crippen LogP contribution in [0.25, 0.3) is 10.9 Å². The average Bonchev–Trinajstić information content (AvgIpc) is 2.43. The summed E-state index contributed by atoms with van der Waals surface area (Å²) in [6.45, 7) is 3.14. The second-order valence-corrected chi connectivity index (χ2v) is 5.07. The Morgan fingerprint density at radius 1 is 1.55 bits per heavy atom. The molecule has 0 amide bonds. The van der Waals surface area contributed by atoms with Crippen LogP contribution in [-0.4, -0.2) is 33.6 Å². The highest BCUT2D eigenvalue weighted by Crippen LogP contribution is 2.14. The molecule has 0 bridgehead atoms. The summed E-state index contributed by atoms with van der Waals surface area (Å²) < 4.78 is 0. The van der Waals surface area contributed by atoms with E-state index < -0.39 is 0 Å². The Morgan fingerprint density at radius 2 is 2.30 bits per heavy atom. The van der Waals surface area contributed by atoms with Gasteiger partial charge in [0.15, 0.2) is 5.11 Å². The topological polar surface area (TPSA) is 61.0 Å². The Bertz CT molecular complexity index is 700. The fourth-order valence-electron chi connectivity index (χ4n) is 1.90. The fourth-order valence-corrected chi connectivity index (χ4v) is 2.26. The minimum absolute atomic E-state index is 0.173. The summed E-state index contributed by atoms with van der Waals surface area (Å²) in [6.07, 6.45) is 0. The molecule has 106 valence electrons. The van der Waals surface area contributed by atoms with Crippen molar-refractivity contribution in [3.05, 3.63) is 39.4 Å². The number of fused-ring (bicyclic) bond motifs is 1. The van der Waals surface area contributed by atoms with Crippen LogP contribution in [0.2, 0.25) is 5.02 Å². The van der Waals surface area contributed by atoms with E-state index in [-0.39, 0.29) is 5.56 Å². The Morgan fingerprint density at radius 3 is 2.95 bits per heavy atom. The molecule has 0 aliphatic carbocycles. The van der Waals surface area contributed by atoms with Crippen molar-refractivity contribution in [2.45, 2.75) is 13.5 Å². The molecule has 7 heteroatoms. The lowest BCUT2D eigenvalue weighted by Gasteiger charge is -2.22. The number of rotatable bonds is 3. The fraction of sp³-hybridized carbons (Fsp3) is 0.308. The molecule has 0 aliphatic rings. The summed E-state index contributed by atoms with van der Waals surface area (Å²) >= 11 is 11.1. The van der Waals surface area contributed by atoms with Crippen LogP contribution in [0.15, 0.2) is 23.0 Å². The summed E-state index contributed by atoms with van der Waals surface area (Å²) in [5.74, 6) is 0.559. The highest BCUT2D eigenvalue weighted by Gasteiger charge is 2.10. The van der Waals surface area contributed by atoms with Crippen molar-refractivity contribution in [3.63, 3.8) is 0 Å². The van der Waals surface area contributed by atoms with Gasteiger partial charge >= 0.3 is 0 Å². The van der Waals surface area contributed by atoms with Gasteiger partial charge in [-0.2, -0.15) is 0 Å². The van der Waals surface area contributed by atoms with Crippen molar-refractivity contribution in [1.82, 2.24) is 20.2 Å². The first-order valence-electron chi connectivity index (χ1n) is 6.20. The molecule has 5 nitrogen and oxygen atoms in total. The normalized spacial score (nSPS) is 10.6. The molecule has 1 heterocycles. The van der Waals surface area contributed by atoms with Crippen molar-refractivity contribution in [2.24, 2.45) is 0 Å². The van der Waals surface area contributed by atoms with E-state index >= 15 is 0 Å². The lowest BCUT2D eigenvalue weighted by atomic mass is 10.2. The lowest BCUT2D eigenvalue weighted by molar-refractivity contribution is 0.418. The zero-order valence-electron chi connectivity index (χ0n) is 11.2. The van der Waals surface area contributed by atoms with Gasteiger partial charge in [0.2, 0.25) is 0 Å². The molecule has 0 fully saturated rings. The summed E-state index contributed by atoms with van der Waals surface area (Å²) in [5.41, 5.74) is 0.413. The molecule has 1 aromatic carbocycles. The number of thiocarbonyl (C=S) groups is 1. The number of nitrogens with zero attached hydrogens (tertiary/aromatic N) is 2. The van der Waals surface area contributed by atoms with Gasteiger partial charge in [0.05, 0.1) is 17.4 Å². The van der Waals surface area contributed by atoms with Crippen LogP contribution in [0.4, 0.5) is 0 Å². The predicted octanol–water partition coefficient (Wildman–Crippen LogP) is 1.90. The first kappa shape index (κ1) is 14.7. The largest absolute Gasteiger partial charge is 0.366 e. The number of aromatic nitrogens is 2. The molecule has 0 aliphatic heterocycles. The maximum absolute atomic E-state index is 12.0. The van der Waals surface area contributed by atoms with E-state index in [4.69, 9.17) is 23.8 Å². The van der Waals surface area contributed by atoms with Crippen LogP contribution >= 0.6 is 23.8 Å². The van der Waals surface area contributed by atoms with E-state index in [1.165, 1.54) is 0 Å². The first-order chi connectivity index (χ1) is 9.55. The van der Waals surface area contributed by atoms with Crippen molar-refractivity contribution < 1.29 is 0 Å². The van der Waals surface area contributed by atoms with E-state index in [1.54, 1.807) is 25.2 Å². The van der Waals surface area contributed by atoms with E-state index in [9.17, 15) is 4.79 Å². The molecule has 0 atom stereocenters. The number of benzene rings is 1. The zero-order valence-corrected chi connectivity index (χ0v) is 12.8. The molecule has 0 unspecified atom stereocenters. The van der Waals surface area contributed by atoms with Gasteiger partial charge in [-0.1, -0.05) is 11.6 Å². The van der Waals surface area contributed by atoms with Crippen LogP contribution in [0.1, 0.15) is 12.7 Å². The first-order valence-corrected chi connectivity index (χ1v) is 6.99. The number of hydrogen-bond donors (Lipinski definition) is 2. The molecule has 0 saturated carbocycles. The average molecular weight is 311 g/mol. The molecule has 0 saturated heterocycles. The molecule has 2 N–H and O–H groups in total. The van der Waals surface area contributed by atoms with Gasteiger partial charge in [0.1, 0.15) is 5.82 Å². The second kappa shape index (κ2) is 6.19. The third-order valence-corrected chi connectivity index (χ3v) is 3.64. The number of hydrogen-bond acceptors (Lipinski definition) is 3. The minimum Gasteiger partial charge on any atom is -0.366 e. The number of H-pyrrole nitrogens is 1.